The summed E-state index contributed by atoms with van der Waals surface area (Å²) >= 11 is 0. The van der Waals surface area contributed by atoms with Gasteiger partial charge in [-0.3, -0.25) is 0 Å². The highest BCUT2D eigenvalue weighted by Gasteiger charge is 2.22. The summed E-state index contributed by atoms with van der Waals surface area (Å²) < 4.78 is 0. The van der Waals surface area contributed by atoms with E-state index in [0.717, 1.165) is 13.1 Å². The topological polar surface area (TPSA) is 6.48 Å². The molecule has 0 N–H and O–H groups in total. The number of fused-ring (bicyclic) bond motifs is 1. The first-order chi connectivity index (χ1) is 6.36. The summed E-state index contributed by atoms with van der Waals surface area (Å²) in [5, 5.41) is 0. The molecule has 69 valence electrons. The maximum Gasteiger partial charge on any atom is 0.142 e. The quantitative estimate of drug-likeness (QED) is 0.681. The zero-order valence-corrected chi connectivity index (χ0v) is 8.20. The predicted molar refractivity (Wildman–Crippen MR) is 56.8 cm³/mol. The second-order valence-electron chi connectivity index (χ2n) is 3.18. The number of nitrogens with zero attached hydrogens (tertiary/aromatic N) is 2. The summed E-state index contributed by atoms with van der Waals surface area (Å²) in [7, 11) is 0. The maximum atomic E-state index is 2.28. The lowest BCUT2D eigenvalue weighted by atomic mass is 10.2. The molecule has 2 nitrogen and oxygen atoms in total. The van der Waals surface area contributed by atoms with Crippen molar-refractivity contribution in [3.05, 3.63) is 30.9 Å². The minimum Gasteiger partial charge on any atom is -0.346 e. The van der Waals surface area contributed by atoms with Gasteiger partial charge in [-0.05, 0) is 26.0 Å². The van der Waals surface area contributed by atoms with Crippen LogP contribution in [0.15, 0.2) is 24.3 Å². The first-order valence-electron chi connectivity index (χ1n) is 4.84. The van der Waals surface area contributed by atoms with Crippen molar-refractivity contribution in [1.29, 1.82) is 0 Å². The van der Waals surface area contributed by atoms with Gasteiger partial charge in [0.15, 0.2) is 0 Å². The fraction of sp³-hybridized carbons (Fsp3) is 0.364. The maximum absolute atomic E-state index is 2.28. The van der Waals surface area contributed by atoms with E-state index < -0.39 is 0 Å². The molecule has 0 amide bonds. The molecule has 0 fully saturated rings. The standard InChI is InChI=1S/C11H15N2/c1-3-12-9-13(4-2)11-8-6-5-7-10(11)12/h5-9H,3-4H2,1-2H3. The van der Waals surface area contributed by atoms with Gasteiger partial charge in [0.25, 0.3) is 0 Å². The normalized spacial score (nSPS) is 14.9. The molecular formula is C11H15N2. The smallest absolute Gasteiger partial charge is 0.142 e. The lowest BCUT2D eigenvalue weighted by Gasteiger charge is -2.17. The summed E-state index contributed by atoms with van der Waals surface area (Å²) in [4.78, 5) is 4.55. The Labute approximate surface area is 79.8 Å². The number of hydrogen-bond donors (Lipinski definition) is 0. The number of benzene rings is 1. The molecule has 0 bridgehead atoms. The van der Waals surface area contributed by atoms with Gasteiger partial charge in [-0.1, -0.05) is 12.1 Å². The predicted octanol–water partition coefficient (Wildman–Crippen LogP) is 2.47. The molecule has 0 aliphatic carbocycles. The minimum atomic E-state index is 1.04. The molecule has 2 rings (SSSR count). The number of hydrogen-bond acceptors (Lipinski definition) is 2. The van der Waals surface area contributed by atoms with Crippen molar-refractivity contribution in [3.63, 3.8) is 0 Å². The molecule has 1 aliphatic rings. The molecule has 1 aromatic rings. The van der Waals surface area contributed by atoms with Crippen LogP contribution < -0.4 is 9.80 Å². The third kappa shape index (κ3) is 1.26. The van der Waals surface area contributed by atoms with Crippen LogP contribution in [0.2, 0.25) is 0 Å². The molecule has 1 radical (unpaired) electrons. The van der Waals surface area contributed by atoms with E-state index in [2.05, 4.69) is 54.6 Å². The highest BCUT2D eigenvalue weighted by Crippen LogP contribution is 2.36. The van der Waals surface area contributed by atoms with Gasteiger partial charge in [0.1, 0.15) is 6.67 Å². The van der Waals surface area contributed by atoms with Crippen LogP contribution in [-0.2, 0) is 0 Å². The fourth-order valence-electron chi connectivity index (χ4n) is 1.75. The van der Waals surface area contributed by atoms with E-state index in [1.165, 1.54) is 11.4 Å². The van der Waals surface area contributed by atoms with Gasteiger partial charge < -0.3 is 9.80 Å². The van der Waals surface area contributed by atoms with Crippen molar-refractivity contribution < 1.29 is 0 Å². The third-order valence-corrected chi connectivity index (χ3v) is 2.46. The highest BCUT2D eigenvalue weighted by molar-refractivity contribution is 5.78. The molecule has 2 heteroatoms. The molecule has 0 saturated carbocycles. The van der Waals surface area contributed by atoms with E-state index in [0.29, 0.717) is 0 Å². The second-order valence-corrected chi connectivity index (χ2v) is 3.18. The van der Waals surface area contributed by atoms with Crippen LogP contribution in [-0.4, -0.2) is 13.1 Å². The molecule has 0 spiro atoms. The van der Waals surface area contributed by atoms with Crippen molar-refractivity contribution >= 4 is 11.4 Å². The van der Waals surface area contributed by atoms with Crippen LogP contribution in [0.5, 0.6) is 0 Å². The molecule has 1 aromatic carbocycles. The third-order valence-electron chi connectivity index (χ3n) is 2.46. The summed E-state index contributed by atoms with van der Waals surface area (Å²) in [6, 6.07) is 8.53. The molecule has 0 aromatic heterocycles. The van der Waals surface area contributed by atoms with Crippen molar-refractivity contribution in [1.82, 2.24) is 0 Å². The van der Waals surface area contributed by atoms with Crippen LogP contribution in [0, 0.1) is 6.67 Å². The van der Waals surface area contributed by atoms with Gasteiger partial charge in [0.2, 0.25) is 0 Å². The van der Waals surface area contributed by atoms with Gasteiger partial charge in [-0.2, -0.15) is 0 Å². The van der Waals surface area contributed by atoms with Gasteiger partial charge >= 0.3 is 0 Å². The number of anilines is 2. The van der Waals surface area contributed by atoms with Crippen molar-refractivity contribution in [2.75, 3.05) is 22.9 Å². The number of para-hydroxylation sites is 2. The van der Waals surface area contributed by atoms with Gasteiger partial charge in [0.05, 0.1) is 11.4 Å². The van der Waals surface area contributed by atoms with Crippen LogP contribution in [0.4, 0.5) is 11.4 Å². The highest BCUT2D eigenvalue weighted by atomic mass is 15.4. The van der Waals surface area contributed by atoms with Crippen LogP contribution in [0.1, 0.15) is 13.8 Å². The second kappa shape index (κ2) is 3.29. The Kier molecular flexibility index (Phi) is 2.13. The van der Waals surface area contributed by atoms with E-state index in [9.17, 15) is 0 Å². The monoisotopic (exact) mass is 175 g/mol. The average Bonchev–Trinajstić information content (AvgIpc) is 2.56. The van der Waals surface area contributed by atoms with E-state index in [1.54, 1.807) is 0 Å². The Balaban J connectivity index is 2.38. The van der Waals surface area contributed by atoms with Crippen LogP contribution >= 0.6 is 0 Å². The minimum absolute atomic E-state index is 1.04. The molecule has 0 unspecified atom stereocenters. The largest absolute Gasteiger partial charge is 0.346 e. The molecule has 1 heterocycles. The molecule has 0 atom stereocenters. The number of rotatable bonds is 2. The average molecular weight is 175 g/mol. The molecule has 1 aliphatic heterocycles. The Morgan fingerprint density at radius 1 is 0.923 bits per heavy atom. The first-order valence-corrected chi connectivity index (χ1v) is 4.84. The molecule has 13 heavy (non-hydrogen) atoms. The van der Waals surface area contributed by atoms with Crippen molar-refractivity contribution in [2.24, 2.45) is 0 Å². The Bertz CT molecular complexity index is 267. The van der Waals surface area contributed by atoms with Crippen LogP contribution in [0.25, 0.3) is 0 Å². The van der Waals surface area contributed by atoms with E-state index in [-0.39, 0.29) is 0 Å². The van der Waals surface area contributed by atoms with Crippen LogP contribution in [0.3, 0.4) is 0 Å². The van der Waals surface area contributed by atoms with Gasteiger partial charge in [0, 0.05) is 13.1 Å². The fourth-order valence-corrected chi connectivity index (χ4v) is 1.75. The Morgan fingerprint density at radius 2 is 1.38 bits per heavy atom. The Hall–Kier alpha value is -1.18. The lowest BCUT2D eigenvalue weighted by molar-refractivity contribution is 0.893. The lowest BCUT2D eigenvalue weighted by Crippen LogP contribution is -2.24. The summed E-state index contributed by atoms with van der Waals surface area (Å²) in [6.07, 6.45) is 0. The SMILES string of the molecule is CCN1[CH]N(CC)c2ccccc21. The zero-order valence-electron chi connectivity index (χ0n) is 8.20. The zero-order chi connectivity index (χ0) is 9.26. The first kappa shape index (κ1) is 8.42. The van der Waals surface area contributed by atoms with Crippen molar-refractivity contribution in [2.45, 2.75) is 13.8 Å². The van der Waals surface area contributed by atoms with E-state index >= 15 is 0 Å². The molecular weight excluding hydrogens is 160 g/mol. The summed E-state index contributed by atoms with van der Waals surface area (Å²) in [5.74, 6) is 0. The van der Waals surface area contributed by atoms with Gasteiger partial charge in [-0.25, -0.2) is 0 Å². The summed E-state index contributed by atoms with van der Waals surface area (Å²) in [5.41, 5.74) is 2.65. The van der Waals surface area contributed by atoms with E-state index in [1.807, 2.05) is 0 Å². The van der Waals surface area contributed by atoms with Crippen molar-refractivity contribution in [3.8, 4) is 0 Å². The van der Waals surface area contributed by atoms with E-state index in [4.69, 9.17) is 0 Å². The van der Waals surface area contributed by atoms with Gasteiger partial charge in [-0.15, -0.1) is 0 Å². The molecule has 0 saturated heterocycles. The summed E-state index contributed by atoms with van der Waals surface area (Å²) in [6.45, 7) is 8.60. The Morgan fingerprint density at radius 3 is 1.77 bits per heavy atom.